The molecular formula is C19H28N4O2. The summed E-state index contributed by atoms with van der Waals surface area (Å²) in [4.78, 5) is 19.7. The number of nitrogens with one attached hydrogen (secondary N) is 2. The average Bonchev–Trinajstić information content (AvgIpc) is 3.08. The van der Waals surface area contributed by atoms with Gasteiger partial charge in [-0.2, -0.15) is 0 Å². The van der Waals surface area contributed by atoms with Crippen LogP contribution in [-0.4, -0.2) is 64.7 Å². The number of aliphatic hydroxyl groups is 1. The van der Waals surface area contributed by atoms with Gasteiger partial charge in [0.25, 0.3) is 0 Å². The number of likely N-dealkylation sites (tertiary alicyclic amines) is 1. The van der Waals surface area contributed by atoms with Crippen LogP contribution in [-0.2, 0) is 6.54 Å². The zero-order chi connectivity index (χ0) is 17.8. The van der Waals surface area contributed by atoms with Crippen LogP contribution in [0.2, 0.25) is 0 Å². The molecule has 1 atom stereocenters. The van der Waals surface area contributed by atoms with Crippen LogP contribution in [0.3, 0.4) is 0 Å². The van der Waals surface area contributed by atoms with E-state index in [1.807, 2.05) is 49.3 Å². The fourth-order valence-electron chi connectivity index (χ4n) is 3.66. The summed E-state index contributed by atoms with van der Waals surface area (Å²) in [6.45, 7) is 4.54. The zero-order valence-electron chi connectivity index (χ0n) is 15.0. The Kier molecular flexibility index (Phi) is 5.60. The number of aromatic nitrogens is 1. The number of piperidine rings is 1. The number of H-pyrrole nitrogens is 1. The Morgan fingerprint density at radius 2 is 2.16 bits per heavy atom. The van der Waals surface area contributed by atoms with Crippen LogP contribution < -0.4 is 5.32 Å². The lowest BCUT2D eigenvalue weighted by atomic mass is 10.0. The molecule has 2 heterocycles. The number of hydrogen-bond acceptors (Lipinski definition) is 3. The summed E-state index contributed by atoms with van der Waals surface area (Å²) in [5, 5.41) is 13.7. The van der Waals surface area contributed by atoms with Crippen molar-refractivity contribution in [2.45, 2.75) is 38.5 Å². The lowest BCUT2D eigenvalue weighted by Crippen LogP contribution is -2.49. The van der Waals surface area contributed by atoms with E-state index >= 15 is 0 Å². The second kappa shape index (κ2) is 7.89. The van der Waals surface area contributed by atoms with Gasteiger partial charge in [-0.15, -0.1) is 0 Å². The van der Waals surface area contributed by atoms with E-state index in [0.717, 1.165) is 42.4 Å². The van der Waals surface area contributed by atoms with E-state index in [2.05, 4.69) is 15.2 Å². The number of carbonyl (C=O) groups is 1. The van der Waals surface area contributed by atoms with Gasteiger partial charge in [0.15, 0.2) is 0 Å². The number of likely N-dealkylation sites (N-methyl/N-ethyl adjacent to an activating group) is 1. The molecule has 0 spiro atoms. The summed E-state index contributed by atoms with van der Waals surface area (Å²) in [5.74, 6) is 0. The average molecular weight is 344 g/mol. The first-order chi connectivity index (χ1) is 12.0. The van der Waals surface area contributed by atoms with Crippen LogP contribution in [0, 0.1) is 0 Å². The molecule has 3 N–H and O–H groups in total. The minimum absolute atomic E-state index is 0.00386. The summed E-state index contributed by atoms with van der Waals surface area (Å²) in [6.07, 6.45) is 3.50. The maximum Gasteiger partial charge on any atom is 0.317 e. The quantitative estimate of drug-likeness (QED) is 0.778. The molecule has 0 aliphatic carbocycles. The van der Waals surface area contributed by atoms with E-state index < -0.39 is 0 Å². The summed E-state index contributed by atoms with van der Waals surface area (Å²) < 4.78 is 0. The number of amides is 2. The SMILES string of the molecule is CC(O)CN(C)C1CCN(C(=O)NCc2cccc3[nH]ccc23)CC1. The Balaban J connectivity index is 1.49. The number of fused-ring (bicyclic) bond motifs is 1. The van der Waals surface area contributed by atoms with Gasteiger partial charge in [0, 0.05) is 49.3 Å². The van der Waals surface area contributed by atoms with Crippen LogP contribution in [0.4, 0.5) is 4.79 Å². The number of nitrogens with zero attached hydrogens (tertiary/aromatic N) is 2. The van der Waals surface area contributed by atoms with E-state index in [1.54, 1.807) is 0 Å². The second-order valence-corrected chi connectivity index (χ2v) is 7.02. The standard InChI is InChI=1S/C19H28N4O2/c1-14(24)13-22(2)16-7-10-23(11-8-16)19(25)21-12-15-4-3-5-18-17(15)6-9-20-18/h3-6,9,14,16,20,24H,7-8,10-13H2,1-2H3,(H,21,25). The van der Waals surface area contributed by atoms with Gasteiger partial charge in [-0.25, -0.2) is 4.79 Å². The molecule has 6 nitrogen and oxygen atoms in total. The summed E-state index contributed by atoms with van der Waals surface area (Å²) in [6, 6.07) is 8.57. The van der Waals surface area contributed by atoms with Crippen molar-refractivity contribution in [2.75, 3.05) is 26.7 Å². The van der Waals surface area contributed by atoms with Crippen molar-refractivity contribution in [2.24, 2.45) is 0 Å². The molecule has 6 heteroatoms. The number of aliphatic hydroxyl groups excluding tert-OH is 1. The van der Waals surface area contributed by atoms with Crippen LogP contribution in [0.25, 0.3) is 10.9 Å². The molecule has 1 aliphatic rings. The number of carbonyl (C=O) groups excluding carboxylic acids is 1. The third-order valence-corrected chi connectivity index (χ3v) is 5.04. The van der Waals surface area contributed by atoms with Gasteiger partial charge >= 0.3 is 6.03 Å². The van der Waals surface area contributed by atoms with Gasteiger partial charge in [-0.1, -0.05) is 12.1 Å². The van der Waals surface area contributed by atoms with E-state index in [-0.39, 0.29) is 12.1 Å². The first-order valence-corrected chi connectivity index (χ1v) is 9.00. The molecule has 1 aromatic heterocycles. The van der Waals surface area contributed by atoms with E-state index in [4.69, 9.17) is 0 Å². The maximum atomic E-state index is 12.5. The van der Waals surface area contributed by atoms with E-state index in [0.29, 0.717) is 19.1 Å². The highest BCUT2D eigenvalue weighted by atomic mass is 16.3. The van der Waals surface area contributed by atoms with Crippen molar-refractivity contribution in [3.8, 4) is 0 Å². The van der Waals surface area contributed by atoms with Crippen molar-refractivity contribution in [1.82, 2.24) is 20.1 Å². The van der Waals surface area contributed by atoms with Crippen LogP contribution in [0.15, 0.2) is 30.5 Å². The topological polar surface area (TPSA) is 71.6 Å². The fraction of sp³-hybridized carbons (Fsp3) is 0.526. The fourth-order valence-corrected chi connectivity index (χ4v) is 3.66. The van der Waals surface area contributed by atoms with Gasteiger partial charge in [0.1, 0.15) is 0 Å². The molecule has 2 aromatic rings. The van der Waals surface area contributed by atoms with Crippen LogP contribution >= 0.6 is 0 Å². The highest BCUT2D eigenvalue weighted by Gasteiger charge is 2.25. The Morgan fingerprint density at radius 1 is 1.40 bits per heavy atom. The minimum Gasteiger partial charge on any atom is -0.392 e. The predicted octanol–water partition coefficient (Wildman–Crippen LogP) is 2.15. The monoisotopic (exact) mass is 344 g/mol. The molecule has 1 unspecified atom stereocenters. The molecule has 136 valence electrons. The smallest absolute Gasteiger partial charge is 0.317 e. The Bertz CT molecular complexity index is 704. The number of benzene rings is 1. The van der Waals surface area contributed by atoms with Gasteiger partial charge < -0.3 is 25.2 Å². The highest BCUT2D eigenvalue weighted by Crippen LogP contribution is 2.18. The third kappa shape index (κ3) is 4.32. The van der Waals surface area contributed by atoms with Crippen molar-refractivity contribution in [3.63, 3.8) is 0 Å². The normalized spacial score (nSPS) is 17.2. The van der Waals surface area contributed by atoms with E-state index in [9.17, 15) is 9.90 Å². The third-order valence-electron chi connectivity index (χ3n) is 5.04. The largest absolute Gasteiger partial charge is 0.392 e. The van der Waals surface area contributed by atoms with E-state index in [1.165, 1.54) is 0 Å². The summed E-state index contributed by atoms with van der Waals surface area (Å²) >= 11 is 0. The number of urea groups is 1. The summed E-state index contributed by atoms with van der Waals surface area (Å²) in [7, 11) is 2.05. The van der Waals surface area contributed by atoms with Crippen LogP contribution in [0.1, 0.15) is 25.3 Å². The van der Waals surface area contributed by atoms with Gasteiger partial charge in [-0.05, 0) is 44.5 Å². The molecule has 2 amide bonds. The molecule has 1 aliphatic heterocycles. The zero-order valence-corrected chi connectivity index (χ0v) is 15.0. The number of aromatic amines is 1. The van der Waals surface area contributed by atoms with Crippen LogP contribution in [0.5, 0.6) is 0 Å². The van der Waals surface area contributed by atoms with Gasteiger partial charge in [0.2, 0.25) is 0 Å². The Morgan fingerprint density at radius 3 is 2.88 bits per heavy atom. The summed E-state index contributed by atoms with van der Waals surface area (Å²) in [5.41, 5.74) is 2.22. The first kappa shape index (κ1) is 17.8. The van der Waals surface area contributed by atoms with Gasteiger partial charge in [0.05, 0.1) is 6.10 Å². The maximum absolute atomic E-state index is 12.5. The van der Waals surface area contributed by atoms with Crippen molar-refractivity contribution in [1.29, 1.82) is 0 Å². The molecule has 0 saturated carbocycles. The Labute approximate surface area is 148 Å². The minimum atomic E-state index is -0.317. The number of rotatable bonds is 5. The molecule has 1 saturated heterocycles. The first-order valence-electron chi connectivity index (χ1n) is 9.00. The predicted molar refractivity (Wildman–Crippen MR) is 99.4 cm³/mol. The van der Waals surface area contributed by atoms with Crippen molar-refractivity contribution < 1.29 is 9.90 Å². The molecule has 1 aromatic carbocycles. The molecule has 0 bridgehead atoms. The van der Waals surface area contributed by atoms with Crippen molar-refractivity contribution >= 4 is 16.9 Å². The Hall–Kier alpha value is -2.05. The number of hydrogen-bond donors (Lipinski definition) is 3. The molecule has 25 heavy (non-hydrogen) atoms. The molecule has 1 fully saturated rings. The second-order valence-electron chi connectivity index (χ2n) is 7.02. The van der Waals surface area contributed by atoms with Crippen molar-refractivity contribution in [3.05, 3.63) is 36.0 Å². The molecule has 0 radical (unpaired) electrons. The van der Waals surface area contributed by atoms with Gasteiger partial charge in [-0.3, -0.25) is 0 Å². The lowest BCUT2D eigenvalue weighted by Gasteiger charge is -2.37. The molecular weight excluding hydrogens is 316 g/mol. The molecule has 3 rings (SSSR count). The highest BCUT2D eigenvalue weighted by molar-refractivity contribution is 5.83. The lowest BCUT2D eigenvalue weighted by molar-refractivity contribution is 0.0874.